The van der Waals surface area contributed by atoms with Crippen molar-refractivity contribution in [1.82, 2.24) is 15.1 Å². The lowest BCUT2D eigenvalue weighted by molar-refractivity contribution is -0.119. The highest BCUT2D eigenvalue weighted by Gasteiger charge is 2.40. The molecule has 3 aliphatic rings. The predicted molar refractivity (Wildman–Crippen MR) is 135 cm³/mol. The van der Waals surface area contributed by atoms with Gasteiger partial charge in [0.1, 0.15) is 34.6 Å². The molecule has 5 rings (SSSR count). The fraction of sp³-hybridized carbons (Fsp3) is 0.577. The average Bonchev–Trinajstić information content (AvgIpc) is 3.59. The number of aryl methyl sites for hydroxylation is 2. The van der Waals surface area contributed by atoms with E-state index < -0.39 is 23.7 Å². The van der Waals surface area contributed by atoms with Gasteiger partial charge in [-0.3, -0.25) is 9.59 Å². The predicted octanol–water partition coefficient (Wildman–Crippen LogP) is 3.32. The van der Waals surface area contributed by atoms with E-state index in [2.05, 4.69) is 10.6 Å². The summed E-state index contributed by atoms with van der Waals surface area (Å²) in [7, 11) is 0. The maximum absolute atomic E-state index is 13.2. The van der Waals surface area contributed by atoms with Crippen LogP contribution in [0, 0.1) is 11.8 Å². The summed E-state index contributed by atoms with van der Waals surface area (Å²) < 4.78 is 44.6. The van der Waals surface area contributed by atoms with Crippen LogP contribution >= 0.6 is 0 Å². The Hall–Kier alpha value is -2.66. The number of nitrogens with zero attached hydrogens (tertiary/aromatic N) is 2. The van der Waals surface area contributed by atoms with Crippen molar-refractivity contribution in [2.75, 3.05) is 23.4 Å². The van der Waals surface area contributed by atoms with E-state index in [1.54, 1.807) is 22.9 Å². The molecule has 1 atom stereocenters. The van der Waals surface area contributed by atoms with Crippen LogP contribution in [0.4, 0.5) is 14.6 Å². The first-order chi connectivity index (χ1) is 17.6. The highest BCUT2D eigenvalue weighted by atomic mass is 32.2. The molecular weight excluding hydrogens is 502 g/mol. The van der Waals surface area contributed by atoms with Crippen LogP contribution in [0.1, 0.15) is 54.2 Å². The van der Waals surface area contributed by atoms with E-state index in [9.17, 15) is 22.9 Å². The van der Waals surface area contributed by atoms with Gasteiger partial charge in [-0.2, -0.15) is 5.10 Å². The van der Waals surface area contributed by atoms with Crippen molar-refractivity contribution >= 4 is 28.8 Å². The topological polar surface area (TPSA) is 108 Å². The van der Waals surface area contributed by atoms with Gasteiger partial charge in [0.25, 0.3) is 11.8 Å². The fourth-order valence-corrected chi connectivity index (χ4v) is 5.82. The zero-order chi connectivity index (χ0) is 26.2. The minimum Gasteiger partial charge on any atom is -0.616 e. The molecule has 1 unspecified atom stereocenters. The number of alkyl halides is 2. The van der Waals surface area contributed by atoms with Gasteiger partial charge in [-0.1, -0.05) is 36.2 Å². The maximum Gasteiger partial charge on any atom is 0.278 e. The first-order valence-electron chi connectivity index (χ1n) is 12.8. The summed E-state index contributed by atoms with van der Waals surface area (Å²) in [6.45, 7) is 0.765. The Kier molecular flexibility index (Phi) is 7.44. The van der Waals surface area contributed by atoms with Gasteiger partial charge in [-0.15, -0.1) is 0 Å². The van der Waals surface area contributed by atoms with Gasteiger partial charge >= 0.3 is 0 Å². The molecule has 2 N–H and O–H groups in total. The summed E-state index contributed by atoms with van der Waals surface area (Å²) in [6, 6.07) is 6.92. The summed E-state index contributed by atoms with van der Waals surface area (Å²) in [6.07, 6.45) is 5.16. The molecule has 200 valence electrons. The van der Waals surface area contributed by atoms with Crippen molar-refractivity contribution in [3.05, 3.63) is 41.1 Å². The fourth-order valence-electron chi connectivity index (χ4n) is 4.72. The number of anilines is 1. The number of fused-ring (bicyclic) bond motifs is 1. The second-order valence-electron chi connectivity index (χ2n) is 10.5. The first-order valence-corrected chi connectivity index (χ1v) is 14.3. The lowest BCUT2D eigenvalue weighted by Gasteiger charge is -2.28. The second kappa shape index (κ2) is 10.6. The van der Waals surface area contributed by atoms with Crippen LogP contribution < -0.4 is 15.4 Å². The van der Waals surface area contributed by atoms with Gasteiger partial charge in [0.2, 0.25) is 5.91 Å². The van der Waals surface area contributed by atoms with Gasteiger partial charge in [0.05, 0.1) is 5.69 Å². The molecule has 1 aromatic carbocycles. The van der Waals surface area contributed by atoms with Crippen molar-refractivity contribution in [1.29, 1.82) is 0 Å². The van der Waals surface area contributed by atoms with Gasteiger partial charge in [-0.05, 0) is 42.9 Å². The first kappa shape index (κ1) is 26.0. The highest BCUT2D eigenvalue weighted by molar-refractivity contribution is 7.92. The van der Waals surface area contributed by atoms with Gasteiger partial charge in [-0.25, -0.2) is 13.5 Å². The third-order valence-corrected chi connectivity index (χ3v) is 8.58. The van der Waals surface area contributed by atoms with Gasteiger partial charge in [0.15, 0.2) is 6.61 Å². The minimum absolute atomic E-state index is 0.145. The average molecular weight is 535 g/mol. The molecule has 1 saturated carbocycles. The Morgan fingerprint density at radius 2 is 2.11 bits per heavy atom. The molecule has 0 radical (unpaired) electrons. The summed E-state index contributed by atoms with van der Waals surface area (Å²) in [4.78, 5) is 25.9. The zero-order valence-electron chi connectivity index (χ0n) is 20.8. The standard InChI is InChI=1S/C26H32F2N4O4S/c1-26(27,28)15-36-20-4-2-3-17(11-20)7-8-19-12-21-22(25(34)29-19)23(30-24(33)18-13-37(35)14-18)32(31-21)10-9-16-5-6-16/h2-4,11,16,18-19H,5-10,12-15H2,1H3,(H,29,34)(H,30,33). The molecule has 2 aliphatic heterocycles. The van der Waals surface area contributed by atoms with Crippen LogP contribution in [0.5, 0.6) is 5.75 Å². The summed E-state index contributed by atoms with van der Waals surface area (Å²) in [5.74, 6) is -1.49. The van der Waals surface area contributed by atoms with E-state index in [1.165, 1.54) is 12.8 Å². The van der Waals surface area contributed by atoms with Crippen molar-refractivity contribution in [2.24, 2.45) is 11.8 Å². The number of rotatable bonds is 11. The molecule has 2 amide bonds. The molecule has 8 nitrogen and oxygen atoms in total. The van der Waals surface area contributed by atoms with Gasteiger partial charge in [0, 0.05) is 25.9 Å². The molecule has 0 spiro atoms. The smallest absolute Gasteiger partial charge is 0.278 e. The SMILES string of the molecule is CC(F)(F)COc1cccc(CCC2Cc3nn(CCC4CC4)c(NC(=O)C4C[S+]([O-])C4)c3C(=O)N2)c1. The normalized spacial score (nSPS) is 23.1. The number of carbonyl (C=O) groups is 2. The molecule has 37 heavy (non-hydrogen) atoms. The van der Waals surface area contributed by atoms with E-state index in [-0.39, 0.29) is 23.8 Å². The molecule has 11 heteroatoms. The lowest BCUT2D eigenvalue weighted by atomic mass is 9.96. The molecule has 3 heterocycles. The van der Waals surface area contributed by atoms with Crippen molar-refractivity contribution in [3.63, 3.8) is 0 Å². The monoisotopic (exact) mass is 534 g/mol. The number of hydrogen-bond donors (Lipinski definition) is 2. The number of aromatic nitrogens is 2. The number of amides is 2. The van der Waals surface area contributed by atoms with Crippen LogP contribution in [-0.4, -0.2) is 56.2 Å². The molecule has 2 fully saturated rings. The van der Waals surface area contributed by atoms with Crippen LogP contribution in [0.15, 0.2) is 24.3 Å². The number of benzene rings is 1. The molecule has 2 aromatic rings. The van der Waals surface area contributed by atoms with E-state index in [0.29, 0.717) is 66.1 Å². The molecule has 1 saturated heterocycles. The summed E-state index contributed by atoms with van der Waals surface area (Å²) in [5.41, 5.74) is 2.01. The van der Waals surface area contributed by atoms with Crippen LogP contribution in [0.25, 0.3) is 0 Å². The van der Waals surface area contributed by atoms with E-state index in [4.69, 9.17) is 9.84 Å². The summed E-state index contributed by atoms with van der Waals surface area (Å²) >= 11 is -0.940. The third-order valence-electron chi connectivity index (χ3n) is 7.03. The van der Waals surface area contributed by atoms with E-state index >= 15 is 0 Å². The number of ether oxygens (including phenoxy) is 1. The Labute approximate surface area is 217 Å². The number of carbonyl (C=O) groups excluding carboxylic acids is 2. The Balaban J connectivity index is 1.25. The number of hydrogen-bond acceptors (Lipinski definition) is 5. The lowest BCUT2D eigenvalue weighted by Crippen LogP contribution is -2.45. The van der Waals surface area contributed by atoms with E-state index in [1.807, 2.05) is 6.07 Å². The third kappa shape index (κ3) is 6.62. The molecule has 0 bridgehead atoms. The molecular formula is C26H32F2N4O4S. The molecule has 1 aromatic heterocycles. The Morgan fingerprint density at radius 1 is 1.32 bits per heavy atom. The second-order valence-corrected chi connectivity index (χ2v) is 12.1. The zero-order valence-corrected chi connectivity index (χ0v) is 21.6. The number of nitrogens with one attached hydrogen (secondary N) is 2. The van der Waals surface area contributed by atoms with Crippen LogP contribution in [-0.2, 0) is 35.4 Å². The Morgan fingerprint density at radius 3 is 2.81 bits per heavy atom. The highest BCUT2D eigenvalue weighted by Crippen LogP contribution is 2.34. The summed E-state index contributed by atoms with van der Waals surface area (Å²) in [5, 5.41) is 10.7. The quantitative estimate of drug-likeness (QED) is 0.430. The van der Waals surface area contributed by atoms with Crippen molar-refractivity contribution < 1.29 is 27.7 Å². The number of halogens is 2. The maximum atomic E-state index is 13.2. The van der Waals surface area contributed by atoms with Crippen LogP contribution in [0.2, 0.25) is 0 Å². The van der Waals surface area contributed by atoms with Crippen molar-refractivity contribution in [3.8, 4) is 5.75 Å². The van der Waals surface area contributed by atoms with Crippen LogP contribution in [0.3, 0.4) is 0 Å². The van der Waals surface area contributed by atoms with Gasteiger partial charge < -0.3 is 19.9 Å². The molecule has 1 aliphatic carbocycles. The van der Waals surface area contributed by atoms with E-state index in [0.717, 1.165) is 18.9 Å². The largest absolute Gasteiger partial charge is 0.616 e. The minimum atomic E-state index is -2.91. The van der Waals surface area contributed by atoms with Crippen molar-refractivity contribution in [2.45, 2.75) is 64.0 Å². The Bertz CT molecular complexity index is 1160.